The highest BCUT2D eigenvalue weighted by Gasteiger charge is 1.99. The first-order valence-electron chi connectivity index (χ1n) is 17.4. The molecule has 0 aliphatic heterocycles. The smallest absolute Gasteiger partial charge is 0.0634 e. The molecule has 0 bridgehead atoms. The van der Waals surface area contributed by atoms with Crippen molar-refractivity contribution in [2.45, 2.75) is 143 Å². The third-order valence-corrected chi connectivity index (χ3v) is 7.78. The second kappa shape index (κ2) is 24.8. The lowest BCUT2D eigenvalue weighted by Crippen LogP contribution is -1.99. The van der Waals surface area contributed by atoms with E-state index in [9.17, 15) is 0 Å². The van der Waals surface area contributed by atoms with E-state index >= 15 is 0 Å². The molecule has 0 heterocycles. The van der Waals surface area contributed by atoms with Crippen molar-refractivity contribution in [3.05, 3.63) is 71.8 Å². The van der Waals surface area contributed by atoms with Crippen LogP contribution in [0.5, 0.6) is 0 Å². The van der Waals surface area contributed by atoms with Crippen molar-refractivity contribution in [1.29, 1.82) is 0 Å². The van der Waals surface area contributed by atoms with Crippen LogP contribution in [-0.2, 0) is 0 Å². The fourth-order valence-electron chi connectivity index (χ4n) is 5.03. The number of allylic oxidation sites excluding steroid dienone is 2. The monoisotopic (exact) mass is 568 g/mol. The van der Waals surface area contributed by atoms with Gasteiger partial charge in [-0.2, -0.15) is 0 Å². The highest BCUT2D eigenvalue weighted by molar-refractivity contribution is 6.31. The molecule has 0 amide bonds. The Hall–Kier alpha value is -2.74. The van der Waals surface area contributed by atoms with Crippen LogP contribution in [0.1, 0.15) is 154 Å². The summed E-state index contributed by atoms with van der Waals surface area (Å²) in [7, 11) is 0. The number of unbranched alkanes of at least 4 members (excludes halogenated alkanes) is 15. The van der Waals surface area contributed by atoms with Crippen molar-refractivity contribution in [2.24, 2.45) is 9.98 Å². The fraction of sp³-hybridized carbons (Fsp3) is 0.550. The van der Waals surface area contributed by atoms with Gasteiger partial charge in [-0.3, -0.25) is 9.98 Å². The summed E-state index contributed by atoms with van der Waals surface area (Å²) in [6.07, 6.45) is 35.7. The van der Waals surface area contributed by atoms with Gasteiger partial charge >= 0.3 is 0 Å². The van der Waals surface area contributed by atoms with E-state index in [1.807, 2.05) is 6.21 Å². The molecule has 2 heteroatoms. The van der Waals surface area contributed by atoms with Crippen LogP contribution >= 0.6 is 0 Å². The van der Waals surface area contributed by atoms with Crippen LogP contribution in [0.3, 0.4) is 0 Å². The van der Waals surface area contributed by atoms with Crippen molar-refractivity contribution < 1.29 is 0 Å². The number of hydrogen-bond donors (Lipinski definition) is 0. The molecule has 0 N–H and O–H groups in total. The van der Waals surface area contributed by atoms with Gasteiger partial charge in [0.15, 0.2) is 0 Å². The minimum Gasteiger partial charge on any atom is -0.255 e. The third-order valence-electron chi connectivity index (χ3n) is 7.78. The van der Waals surface area contributed by atoms with Gasteiger partial charge in [0, 0.05) is 6.21 Å². The predicted octanol–water partition coefficient (Wildman–Crippen LogP) is 13.7. The molecule has 2 aromatic rings. The van der Waals surface area contributed by atoms with Crippen LogP contribution in [0.25, 0.3) is 12.2 Å². The zero-order valence-corrected chi connectivity index (χ0v) is 27.3. The second-order valence-corrected chi connectivity index (χ2v) is 11.8. The SMILES string of the molecule is CCCCCCCCCC=Cc1ccc(N=CC(CCCC)=Nc2ccc(C=CCCCCCCCCC)cc2)cc1. The molecule has 0 unspecified atom stereocenters. The Morgan fingerprint density at radius 2 is 0.929 bits per heavy atom. The zero-order chi connectivity index (χ0) is 29.9. The van der Waals surface area contributed by atoms with Crippen LogP contribution in [0, 0.1) is 0 Å². The first kappa shape index (κ1) is 35.5. The molecule has 0 aromatic heterocycles. The minimum atomic E-state index is 0.944. The van der Waals surface area contributed by atoms with E-state index in [0.29, 0.717) is 0 Å². The Morgan fingerprint density at radius 1 is 0.500 bits per heavy atom. The lowest BCUT2D eigenvalue weighted by Gasteiger charge is -2.03. The molecule has 0 radical (unpaired) electrons. The molecular weight excluding hydrogens is 508 g/mol. The van der Waals surface area contributed by atoms with Crippen LogP contribution in [0.4, 0.5) is 11.4 Å². The highest BCUT2D eigenvalue weighted by atomic mass is 14.8. The van der Waals surface area contributed by atoms with E-state index in [0.717, 1.165) is 36.3 Å². The van der Waals surface area contributed by atoms with Crippen molar-refractivity contribution >= 4 is 35.5 Å². The van der Waals surface area contributed by atoms with Gasteiger partial charge in [0.1, 0.15) is 0 Å². The van der Waals surface area contributed by atoms with Gasteiger partial charge in [0.2, 0.25) is 0 Å². The number of rotatable bonds is 24. The van der Waals surface area contributed by atoms with Gasteiger partial charge in [-0.25, -0.2) is 0 Å². The maximum atomic E-state index is 4.94. The second-order valence-electron chi connectivity index (χ2n) is 11.8. The van der Waals surface area contributed by atoms with Gasteiger partial charge in [-0.1, -0.05) is 153 Å². The van der Waals surface area contributed by atoms with Gasteiger partial charge in [0.25, 0.3) is 0 Å². The first-order chi connectivity index (χ1) is 20.7. The summed E-state index contributed by atoms with van der Waals surface area (Å²) in [5.74, 6) is 0. The summed E-state index contributed by atoms with van der Waals surface area (Å²) in [5.41, 5.74) is 5.51. The molecule has 0 saturated heterocycles. The minimum absolute atomic E-state index is 0.944. The topological polar surface area (TPSA) is 24.7 Å². The van der Waals surface area contributed by atoms with Gasteiger partial charge in [-0.15, -0.1) is 0 Å². The van der Waals surface area contributed by atoms with Gasteiger partial charge < -0.3 is 0 Å². The number of aliphatic imine (C=N–C) groups is 2. The summed E-state index contributed by atoms with van der Waals surface area (Å²) in [5, 5.41) is 0. The quantitative estimate of drug-likeness (QED) is 0.0888. The molecule has 230 valence electrons. The van der Waals surface area contributed by atoms with Crippen LogP contribution < -0.4 is 0 Å². The normalized spacial score (nSPS) is 12.4. The van der Waals surface area contributed by atoms with Crippen molar-refractivity contribution in [1.82, 2.24) is 0 Å². The average molecular weight is 569 g/mol. The lowest BCUT2D eigenvalue weighted by molar-refractivity contribution is 0.592. The molecule has 2 aromatic carbocycles. The molecule has 2 rings (SSSR count). The van der Waals surface area contributed by atoms with Crippen LogP contribution in [0.2, 0.25) is 0 Å². The Kier molecular flexibility index (Phi) is 21.0. The number of hydrogen-bond acceptors (Lipinski definition) is 2. The maximum absolute atomic E-state index is 4.94. The Labute approximate surface area is 259 Å². The van der Waals surface area contributed by atoms with E-state index in [2.05, 4.69) is 93.6 Å². The summed E-state index contributed by atoms with van der Waals surface area (Å²) in [4.78, 5) is 9.70. The molecule has 0 aliphatic carbocycles. The standard InChI is InChI=1S/C40H60N2/c1-4-7-10-12-14-16-18-20-22-24-36-27-31-38(32-28-36)41-35-40(26-9-6-3)42-39-33-29-37(30-34-39)25-23-21-19-17-15-13-11-8-5-2/h22-25,27-35H,4-21,26H2,1-3H3. The molecule has 0 spiro atoms. The van der Waals surface area contributed by atoms with Crippen LogP contribution in [-0.4, -0.2) is 11.9 Å². The number of benzene rings is 2. The van der Waals surface area contributed by atoms with E-state index in [1.54, 1.807) is 0 Å². The van der Waals surface area contributed by atoms with Crippen molar-refractivity contribution in [3.8, 4) is 0 Å². The van der Waals surface area contributed by atoms with Crippen molar-refractivity contribution in [3.63, 3.8) is 0 Å². The van der Waals surface area contributed by atoms with Crippen LogP contribution in [0.15, 0.2) is 70.7 Å². The van der Waals surface area contributed by atoms with Gasteiger partial charge in [0.05, 0.1) is 17.1 Å². The molecule has 42 heavy (non-hydrogen) atoms. The molecule has 0 fully saturated rings. The predicted molar refractivity (Wildman–Crippen MR) is 191 cm³/mol. The van der Waals surface area contributed by atoms with E-state index in [4.69, 9.17) is 9.98 Å². The molecular formula is C40H60N2. The molecule has 0 aliphatic rings. The highest BCUT2D eigenvalue weighted by Crippen LogP contribution is 2.18. The number of nitrogens with zero attached hydrogens (tertiary/aromatic N) is 2. The molecule has 2 nitrogen and oxygen atoms in total. The first-order valence-corrected chi connectivity index (χ1v) is 17.4. The Bertz CT molecular complexity index is 1020. The summed E-state index contributed by atoms with van der Waals surface area (Å²) >= 11 is 0. The zero-order valence-electron chi connectivity index (χ0n) is 27.3. The van der Waals surface area contributed by atoms with Gasteiger partial charge in [-0.05, 0) is 73.9 Å². The molecule has 0 saturated carbocycles. The summed E-state index contributed by atoms with van der Waals surface area (Å²) in [6, 6.07) is 17.1. The third kappa shape index (κ3) is 17.9. The lowest BCUT2D eigenvalue weighted by atomic mass is 10.1. The average Bonchev–Trinajstić information content (AvgIpc) is 3.02. The van der Waals surface area contributed by atoms with Crippen molar-refractivity contribution in [2.75, 3.05) is 0 Å². The summed E-state index contributed by atoms with van der Waals surface area (Å²) < 4.78 is 0. The Balaban J connectivity index is 1.81. The fourth-order valence-corrected chi connectivity index (χ4v) is 5.03. The molecule has 0 atom stereocenters. The maximum Gasteiger partial charge on any atom is 0.0634 e. The van der Waals surface area contributed by atoms with E-state index in [-0.39, 0.29) is 0 Å². The summed E-state index contributed by atoms with van der Waals surface area (Å²) in [6.45, 7) is 6.78. The Morgan fingerprint density at radius 3 is 1.40 bits per heavy atom. The van der Waals surface area contributed by atoms with E-state index in [1.165, 1.54) is 114 Å². The van der Waals surface area contributed by atoms with E-state index < -0.39 is 0 Å². The largest absolute Gasteiger partial charge is 0.255 e.